The van der Waals surface area contributed by atoms with Gasteiger partial charge in [0.2, 0.25) is 5.89 Å². The number of imidazole rings is 1. The lowest BCUT2D eigenvalue weighted by Gasteiger charge is -2.24. The van der Waals surface area contributed by atoms with Gasteiger partial charge in [0.25, 0.3) is 5.91 Å². The van der Waals surface area contributed by atoms with Gasteiger partial charge in [0, 0.05) is 31.6 Å². The van der Waals surface area contributed by atoms with E-state index in [0.29, 0.717) is 36.7 Å². The van der Waals surface area contributed by atoms with Crippen LogP contribution in [0.2, 0.25) is 0 Å². The zero-order valence-corrected chi connectivity index (χ0v) is 13.7. The summed E-state index contributed by atoms with van der Waals surface area (Å²) in [6, 6.07) is 7.35. The van der Waals surface area contributed by atoms with Crippen LogP contribution in [0.25, 0.3) is 17.1 Å². The molecular weight excluding hydrogens is 332 g/mol. The molecule has 4 aromatic heterocycles. The molecule has 0 saturated heterocycles. The molecule has 0 fully saturated rings. The van der Waals surface area contributed by atoms with Crippen molar-refractivity contribution in [2.24, 2.45) is 0 Å². The highest BCUT2D eigenvalue weighted by molar-refractivity contribution is 5.93. The van der Waals surface area contributed by atoms with Gasteiger partial charge in [-0.1, -0.05) is 0 Å². The second kappa shape index (κ2) is 5.76. The van der Waals surface area contributed by atoms with E-state index in [-0.39, 0.29) is 5.91 Å². The summed E-state index contributed by atoms with van der Waals surface area (Å²) in [6.45, 7) is 0.964. The van der Waals surface area contributed by atoms with Crippen molar-refractivity contribution in [3.05, 3.63) is 66.2 Å². The molecule has 4 aromatic rings. The molecule has 8 heteroatoms. The molecule has 0 saturated carbocycles. The summed E-state index contributed by atoms with van der Waals surface area (Å²) >= 11 is 0. The summed E-state index contributed by atoms with van der Waals surface area (Å²) < 4.78 is 7.42. The van der Waals surface area contributed by atoms with Crippen molar-refractivity contribution in [3.63, 3.8) is 0 Å². The van der Waals surface area contributed by atoms with Crippen molar-refractivity contribution in [1.29, 1.82) is 0 Å². The molecule has 0 aromatic carbocycles. The van der Waals surface area contributed by atoms with Crippen molar-refractivity contribution in [3.8, 4) is 11.5 Å². The van der Waals surface area contributed by atoms with Crippen LogP contribution in [-0.4, -0.2) is 41.9 Å². The predicted molar refractivity (Wildman–Crippen MR) is 91.2 cm³/mol. The first-order valence-corrected chi connectivity index (χ1v) is 8.26. The second-order valence-electron chi connectivity index (χ2n) is 6.04. The Labute approximate surface area is 148 Å². The monoisotopic (exact) mass is 346 g/mol. The minimum Gasteiger partial charge on any atom is -0.441 e. The van der Waals surface area contributed by atoms with Crippen LogP contribution < -0.4 is 0 Å². The zero-order valence-electron chi connectivity index (χ0n) is 13.7. The molecule has 5 heterocycles. The van der Waals surface area contributed by atoms with E-state index in [1.807, 2.05) is 18.2 Å². The topological polar surface area (TPSA) is 89.4 Å². The van der Waals surface area contributed by atoms with Crippen LogP contribution in [0.15, 0.2) is 53.5 Å². The first kappa shape index (κ1) is 14.8. The standard InChI is InChI=1S/C18H14N6O2/c25-18(14-10-20-16-4-2-7-21-24(14)16)23-8-5-15-13(11-23)22-17(26-15)12-3-1-6-19-9-12/h1-4,6-7,9-10H,5,8,11H2. The number of hydrogen-bond donors (Lipinski definition) is 0. The average Bonchev–Trinajstić information content (AvgIpc) is 3.32. The largest absolute Gasteiger partial charge is 0.441 e. The second-order valence-corrected chi connectivity index (χ2v) is 6.04. The summed E-state index contributed by atoms with van der Waals surface area (Å²) in [4.78, 5) is 27.5. The molecular formula is C18H14N6O2. The SMILES string of the molecule is O=C(c1cnc2cccnn12)N1CCc2oc(-c3cccnc3)nc2C1. The minimum atomic E-state index is -0.118. The number of amides is 1. The third-order valence-electron chi connectivity index (χ3n) is 4.42. The van der Waals surface area contributed by atoms with Gasteiger partial charge in [-0.25, -0.2) is 14.5 Å². The Hall–Kier alpha value is -3.55. The van der Waals surface area contributed by atoms with Gasteiger partial charge in [-0.3, -0.25) is 9.78 Å². The van der Waals surface area contributed by atoms with Gasteiger partial charge in [-0.15, -0.1) is 0 Å². The van der Waals surface area contributed by atoms with Crippen LogP contribution in [0, 0.1) is 0 Å². The molecule has 1 aliphatic heterocycles. The van der Waals surface area contributed by atoms with E-state index in [4.69, 9.17) is 4.42 Å². The number of carbonyl (C=O) groups is 1. The Morgan fingerprint density at radius 1 is 1.15 bits per heavy atom. The van der Waals surface area contributed by atoms with Crippen LogP contribution >= 0.6 is 0 Å². The maximum absolute atomic E-state index is 12.9. The van der Waals surface area contributed by atoms with Gasteiger partial charge in [0.15, 0.2) is 11.3 Å². The zero-order chi connectivity index (χ0) is 17.5. The fourth-order valence-electron chi connectivity index (χ4n) is 3.12. The highest BCUT2D eigenvalue weighted by Gasteiger charge is 2.28. The summed E-state index contributed by atoms with van der Waals surface area (Å²) in [7, 11) is 0. The summed E-state index contributed by atoms with van der Waals surface area (Å²) in [5.41, 5.74) is 2.70. The lowest BCUT2D eigenvalue weighted by molar-refractivity contribution is 0.0719. The Bertz CT molecular complexity index is 1100. The highest BCUT2D eigenvalue weighted by Crippen LogP contribution is 2.26. The van der Waals surface area contributed by atoms with Gasteiger partial charge in [-0.05, 0) is 24.3 Å². The first-order valence-electron chi connectivity index (χ1n) is 8.26. The number of fused-ring (bicyclic) bond motifs is 2. The fraction of sp³-hybridized carbons (Fsp3) is 0.167. The quantitative estimate of drug-likeness (QED) is 0.551. The summed E-state index contributed by atoms with van der Waals surface area (Å²) in [5.74, 6) is 1.24. The molecule has 128 valence electrons. The maximum atomic E-state index is 12.9. The minimum absolute atomic E-state index is 0.118. The maximum Gasteiger partial charge on any atom is 0.274 e. The number of oxazole rings is 1. The lowest BCUT2D eigenvalue weighted by atomic mass is 10.1. The van der Waals surface area contributed by atoms with E-state index in [0.717, 1.165) is 17.0 Å². The van der Waals surface area contributed by atoms with Crippen LogP contribution in [0.4, 0.5) is 0 Å². The summed E-state index contributed by atoms with van der Waals surface area (Å²) in [6.07, 6.45) is 7.24. The third kappa shape index (κ3) is 2.34. The number of carbonyl (C=O) groups excluding carboxylic acids is 1. The molecule has 5 rings (SSSR count). The van der Waals surface area contributed by atoms with Gasteiger partial charge < -0.3 is 9.32 Å². The molecule has 0 radical (unpaired) electrons. The number of rotatable bonds is 2. The number of hydrogen-bond acceptors (Lipinski definition) is 6. The normalized spacial score (nSPS) is 13.8. The van der Waals surface area contributed by atoms with Crippen LogP contribution in [-0.2, 0) is 13.0 Å². The van der Waals surface area contributed by atoms with E-state index >= 15 is 0 Å². The van der Waals surface area contributed by atoms with Crippen LogP contribution in [0.1, 0.15) is 21.9 Å². The van der Waals surface area contributed by atoms with Crippen molar-refractivity contribution in [1.82, 2.24) is 29.5 Å². The molecule has 1 amide bonds. The van der Waals surface area contributed by atoms with Gasteiger partial charge >= 0.3 is 0 Å². The number of aromatic nitrogens is 5. The van der Waals surface area contributed by atoms with E-state index in [1.54, 1.807) is 40.3 Å². The molecule has 0 bridgehead atoms. The van der Waals surface area contributed by atoms with E-state index in [2.05, 4.69) is 20.1 Å². The molecule has 1 aliphatic rings. The van der Waals surface area contributed by atoms with Crippen molar-refractivity contribution < 1.29 is 9.21 Å². The van der Waals surface area contributed by atoms with Crippen molar-refractivity contribution in [2.75, 3.05) is 6.54 Å². The van der Waals surface area contributed by atoms with Crippen LogP contribution in [0.5, 0.6) is 0 Å². The third-order valence-corrected chi connectivity index (χ3v) is 4.42. The first-order chi connectivity index (χ1) is 12.8. The fourth-order valence-corrected chi connectivity index (χ4v) is 3.12. The van der Waals surface area contributed by atoms with E-state index in [1.165, 1.54) is 0 Å². The Morgan fingerprint density at radius 2 is 2.08 bits per heavy atom. The Balaban J connectivity index is 1.44. The van der Waals surface area contributed by atoms with E-state index in [9.17, 15) is 4.79 Å². The lowest BCUT2D eigenvalue weighted by Crippen LogP contribution is -2.36. The smallest absolute Gasteiger partial charge is 0.274 e. The molecule has 8 nitrogen and oxygen atoms in total. The Morgan fingerprint density at radius 3 is 2.96 bits per heavy atom. The predicted octanol–water partition coefficient (Wildman–Crippen LogP) is 1.98. The van der Waals surface area contributed by atoms with Crippen molar-refractivity contribution in [2.45, 2.75) is 13.0 Å². The molecule has 0 unspecified atom stereocenters. The number of nitrogens with zero attached hydrogens (tertiary/aromatic N) is 6. The summed E-state index contributed by atoms with van der Waals surface area (Å²) in [5, 5.41) is 4.21. The van der Waals surface area contributed by atoms with Crippen LogP contribution in [0.3, 0.4) is 0 Å². The van der Waals surface area contributed by atoms with Crippen molar-refractivity contribution >= 4 is 11.6 Å². The van der Waals surface area contributed by atoms with Gasteiger partial charge in [0.05, 0.1) is 18.3 Å². The van der Waals surface area contributed by atoms with E-state index < -0.39 is 0 Å². The molecule has 0 atom stereocenters. The molecule has 0 N–H and O–H groups in total. The average molecular weight is 346 g/mol. The Kier molecular flexibility index (Phi) is 3.27. The molecule has 0 spiro atoms. The number of pyridine rings is 1. The highest BCUT2D eigenvalue weighted by atomic mass is 16.4. The molecule has 0 aliphatic carbocycles. The van der Waals surface area contributed by atoms with Gasteiger partial charge in [0.1, 0.15) is 11.5 Å². The van der Waals surface area contributed by atoms with Gasteiger partial charge in [-0.2, -0.15) is 5.10 Å². The molecule has 26 heavy (non-hydrogen) atoms.